The largest absolute Gasteiger partial charge is 0.478 e. The second-order valence-corrected chi connectivity index (χ2v) is 3.53. The molecule has 2 N–H and O–H groups in total. The number of aromatic carboxylic acids is 1. The van der Waals surface area contributed by atoms with E-state index in [1.807, 2.05) is 0 Å². The normalized spacial score (nSPS) is 14.6. The molecule has 0 aromatic carbocycles. The number of nitrogens with one attached hydrogen (secondary N) is 1. The lowest BCUT2D eigenvalue weighted by molar-refractivity contribution is 0.0695. The number of hydrogen-bond acceptors (Lipinski definition) is 3. The molecule has 5 heteroatoms. The van der Waals surface area contributed by atoms with E-state index in [0.717, 1.165) is 18.9 Å². The summed E-state index contributed by atoms with van der Waals surface area (Å²) in [7, 11) is 0. The van der Waals surface area contributed by atoms with Crippen molar-refractivity contribution in [3.8, 4) is 6.07 Å². The van der Waals surface area contributed by atoms with Gasteiger partial charge in [0.2, 0.25) is 0 Å². The highest BCUT2D eigenvalue weighted by Crippen LogP contribution is 2.40. The zero-order valence-corrected chi connectivity index (χ0v) is 7.78. The molecule has 1 aromatic rings. The van der Waals surface area contributed by atoms with Gasteiger partial charge in [-0.15, -0.1) is 0 Å². The Kier molecular flexibility index (Phi) is 2.05. The summed E-state index contributed by atoms with van der Waals surface area (Å²) in [6.07, 6.45) is 1.78. The van der Waals surface area contributed by atoms with Crippen LogP contribution in [0, 0.1) is 11.3 Å². The van der Waals surface area contributed by atoms with Gasteiger partial charge in [0.05, 0.1) is 5.56 Å². The number of aromatic amines is 1. The predicted octanol–water partition coefficient (Wildman–Crippen LogP) is 0.822. The summed E-state index contributed by atoms with van der Waals surface area (Å²) in [6.45, 7) is 0. The quantitative estimate of drug-likeness (QED) is 0.745. The van der Waals surface area contributed by atoms with E-state index in [1.54, 1.807) is 6.07 Å². The van der Waals surface area contributed by atoms with Crippen molar-refractivity contribution in [2.45, 2.75) is 18.8 Å². The maximum absolute atomic E-state index is 11.3. The van der Waals surface area contributed by atoms with E-state index in [1.165, 1.54) is 0 Å². The van der Waals surface area contributed by atoms with E-state index in [4.69, 9.17) is 10.4 Å². The molecule has 1 aromatic heterocycles. The molecule has 1 saturated carbocycles. The van der Waals surface area contributed by atoms with Crippen LogP contribution in [0.5, 0.6) is 0 Å². The second-order valence-electron chi connectivity index (χ2n) is 3.53. The van der Waals surface area contributed by atoms with Crippen LogP contribution in [0.25, 0.3) is 0 Å². The highest BCUT2D eigenvalue weighted by Gasteiger charge is 2.29. The highest BCUT2D eigenvalue weighted by molar-refractivity contribution is 5.89. The van der Waals surface area contributed by atoms with Gasteiger partial charge in [-0.3, -0.25) is 4.79 Å². The topological polar surface area (TPSA) is 93.9 Å². The number of H-pyrrole nitrogens is 1. The number of rotatable bonds is 2. The van der Waals surface area contributed by atoms with Crippen LogP contribution in [0.4, 0.5) is 0 Å². The van der Waals surface area contributed by atoms with Gasteiger partial charge in [-0.1, -0.05) is 0 Å². The summed E-state index contributed by atoms with van der Waals surface area (Å²) in [4.78, 5) is 24.7. The molecule has 0 saturated heterocycles. The molecule has 0 unspecified atom stereocenters. The van der Waals surface area contributed by atoms with E-state index in [0.29, 0.717) is 5.69 Å². The highest BCUT2D eigenvalue weighted by atomic mass is 16.4. The predicted molar refractivity (Wildman–Crippen MR) is 50.7 cm³/mol. The zero-order valence-electron chi connectivity index (χ0n) is 7.78. The number of pyridine rings is 1. The molecule has 0 radical (unpaired) electrons. The van der Waals surface area contributed by atoms with Crippen molar-refractivity contribution in [1.29, 1.82) is 5.26 Å². The standard InChI is InChI=1S/C10H8N2O3/c11-4-6-3-7(10(14)15)8(5-1-2-5)12-9(6)13/h3,5H,1-2H2,(H,12,13)(H,14,15). The Morgan fingerprint density at radius 1 is 1.60 bits per heavy atom. The van der Waals surface area contributed by atoms with E-state index >= 15 is 0 Å². The first-order valence-electron chi connectivity index (χ1n) is 4.54. The van der Waals surface area contributed by atoms with E-state index < -0.39 is 11.5 Å². The van der Waals surface area contributed by atoms with Crippen LogP contribution in [0.2, 0.25) is 0 Å². The minimum absolute atomic E-state index is 0.0358. The molecule has 15 heavy (non-hydrogen) atoms. The van der Waals surface area contributed by atoms with Gasteiger partial charge >= 0.3 is 5.97 Å². The second kappa shape index (κ2) is 3.24. The first kappa shape index (κ1) is 9.46. The molecule has 1 fully saturated rings. The van der Waals surface area contributed by atoms with Crippen LogP contribution in [0.1, 0.15) is 40.4 Å². The van der Waals surface area contributed by atoms with Crippen LogP contribution >= 0.6 is 0 Å². The number of aromatic nitrogens is 1. The summed E-state index contributed by atoms with van der Waals surface area (Å²) >= 11 is 0. The van der Waals surface area contributed by atoms with Crippen molar-refractivity contribution < 1.29 is 9.90 Å². The maximum atomic E-state index is 11.3. The van der Waals surface area contributed by atoms with Crippen molar-refractivity contribution in [1.82, 2.24) is 4.98 Å². The zero-order chi connectivity index (χ0) is 11.0. The third kappa shape index (κ3) is 1.62. The monoisotopic (exact) mass is 204 g/mol. The number of hydrogen-bond donors (Lipinski definition) is 2. The molecule has 1 aliphatic carbocycles. The lowest BCUT2D eigenvalue weighted by Crippen LogP contribution is -2.17. The Bertz CT molecular complexity index is 520. The number of nitriles is 1. The molecule has 1 heterocycles. The van der Waals surface area contributed by atoms with Gasteiger partial charge in [0, 0.05) is 11.6 Å². The van der Waals surface area contributed by atoms with Gasteiger partial charge in [0.1, 0.15) is 11.6 Å². The molecule has 0 bridgehead atoms. The average molecular weight is 204 g/mol. The van der Waals surface area contributed by atoms with E-state index in [9.17, 15) is 9.59 Å². The minimum Gasteiger partial charge on any atom is -0.478 e. The third-order valence-electron chi connectivity index (χ3n) is 2.41. The fraction of sp³-hybridized carbons (Fsp3) is 0.300. The van der Waals surface area contributed by atoms with E-state index in [2.05, 4.69) is 4.98 Å². The Morgan fingerprint density at radius 3 is 2.73 bits per heavy atom. The van der Waals surface area contributed by atoms with Crippen molar-refractivity contribution in [2.24, 2.45) is 0 Å². The third-order valence-corrected chi connectivity index (χ3v) is 2.41. The number of carboxylic acid groups (broad SMARTS) is 1. The SMILES string of the molecule is N#Cc1cc(C(=O)O)c(C2CC2)[nH]c1=O. The molecular formula is C10H8N2O3. The van der Waals surface area contributed by atoms with Gasteiger partial charge in [0.25, 0.3) is 5.56 Å². The van der Waals surface area contributed by atoms with Crippen LogP contribution in [0.3, 0.4) is 0 Å². The van der Waals surface area contributed by atoms with Gasteiger partial charge < -0.3 is 10.1 Å². The van der Waals surface area contributed by atoms with Gasteiger partial charge in [-0.25, -0.2) is 4.79 Å². The van der Waals surface area contributed by atoms with Gasteiger partial charge in [0.15, 0.2) is 0 Å². The number of nitrogens with zero attached hydrogens (tertiary/aromatic N) is 1. The summed E-state index contributed by atoms with van der Waals surface area (Å²) in [5, 5.41) is 17.5. The average Bonchev–Trinajstić information content (AvgIpc) is 3.00. The van der Waals surface area contributed by atoms with Gasteiger partial charge in [-0.05, 0) is 18.9 Å². The Labute approximate surface area is 85.0 Å². The maximum Gasteiger partial charge on any atom is 0.337 e. The van der Waals surface area contributed by atoms with Crippen LogP contribution in [-0.2, 0) is 0 Å². The Morgan fingerprint density at radius 2 is 2.27 bits per heavy atom. The molecule has 1 aliphatic rings. The molecule has 76 valence electrons. The Hall–Kier alpha value is -2.09. The van der Waals surface area contributed by atoms with Crippen LogP contribution in [-0.4, -0.2) is 16.1 Å². The van der Waals surface area contributed by atoms with Crippen molar-refractivity contribution in [3.05, 3.63) is 33.2 Å². The first-order valence-corrected chi connectivity index (χ1v) is 4.54. The Balaban J connectivity index is 2.64. The smallest absolute Gasteiger partial charge is 0.337 e. The molecule has 5 nitrogen and oxygen atoms in total. The van der Waals surface area contributed by atoms with Crippen LogP contribution < -0.4 is 5.56 Å². The summed E-state index contributed by atoms with van der Waals surface area (Å²) < 4.78 is 0. The summed E-state index contributed by atoms with van der Waals surface area (Å²) in [6, 6.07) is 2.82. The first-order chi connectivity index (χ1) is 7.13. The molecule has 0 aliphatic heterocycles. The molecule has 0 amide bonds. The minimum atomic E-state index is -1.11. The summed E-state index contributed by atoms with van der Waals surface area (Å²) in [5.74, 6) is -0.971. The van der Waals surface area contributed by atoms with E-state index in [-0.39, 0.29) is 17.0 Å². The van der Waals surface area contributed by atoms with Crippen molar-refractivity contribution in [2.75, 3.05) is 0 Å². The fourth-order valence-corrected chi connectivity index (χ4v) is 1.50. The molecule has 2 rings (SSSR count). The van der Waals surface area contributed by atoms with Crippen molar-refractivity contribution >= 4 is 5.97 Å². The lowest BCUT2D eigenvalue weighted by Gasteiger charge is -2.03. The number of carboxylic acids is 1. The van der Waals surface area contributed by atoms with Gasteiger partial charge in [-0.2, -0.15) is 5.26 Å². The molecule has 0 atom stereocenters. The summed E-state index contributed by atoms with van der Waals surface area (Å²) in [5.41, 5.74) is -0.179. The molecule has 0 spiro atoms. The fourth-order valence-electron chi connectivity index (χ4n) is 1.50. The van der Waals surface area contributed by atoms with Crippen LogP contribution in [0.15, 0.2) is 10.9 Å². The molecular weight excluding hydrogens is 196 g/mol. The lowest BCUT2D eigenvalue weighted by atomic mass is 10.1. The van der Waals surface area contributed by atoms with Crippen molar-refractivity contribution in [3.63, 3.8) is 0 Å². The number of carbonyl (C=O) groups is 1.